The molecule has 190 valence electrons. The smallest absolute Gasteiger partial charge is 0.294 e. The van der Waals surface area contributed by atoms with Crippen LogP contribution in [0.15, 0.2) is 74.5 Å². The van der Waals surface area contributed by atoms with Crippen LogP contribution in [0.25, 0.3) is 6.08 Å². The standard InChI is InChI=1S/C26H19Br2ClN2O5S/c1-35-21-11-16(10-20(28)24(21)36-14-15-2-4-17(27)5-3-15)12-22-25(33)31(26(34)37-22)13-23(32)30-19-8-6-18(29)7-9-19/h2-12H,13-14H2,1H3,(H,30,32)/b22-12+. The van der Waals surface area contributed by atoms with Crippen LogP contribution in [-0.2, 0) is 16.2 Å². The summed E-state index contributed by atoms with van der Waals surface area (Å²) >= 11 is 13.5. The van der Waals surface area contributed by atoms with Crippen molar-refractivity contribution in [2.75, 3.05) is 19.0 Å². The molecular formula is C26H19Br2ClN2O5S. The van der Waals surface area contributed by atoms with Gasteiger partial charge in [-0.1, -0.05) is 39.7 Å². The zero-order valence-electron chi connectivity index (χ0n) is 19.3. The first kappa shape index (κ1) is 27.3. The highest BCUT2D eigenvalue weighted by atomic mass is 79.9. The van der Waals surface area contributed by atoms with Crippen molar-refractivity contribution in [1.29, 1.82) is 0 Å². The summed E-state index contributed by atoms with van der Waals surface area (Å²) in [6, 6.07) is 17.8. The molecule has 4 rings (SSSR count). The molecule has 3 aromatic rings. The average Bonchev–Trinajstić information content (AvgIpc) is 3.12. The molecule has 0 atom stereocenters. The van der Waals surface area contributed by atoms with Crippen molar-refractivity contribution >= 4 is 84.0 Å². The van der Waals surface area contributed by atoms with E-state index in [1.807, 2.05) is 24.3 Å². The van der Waals surface area contributed by atoms with E-state index in [1.54, 1.807) is 42.5 Å². The van der Waals surface area contributed by atoms with Crippen molar-refractivity contribution in [3.05, 3.63) is 90.7 Å². The molecular weight excluding hydrogens is 648 g/mol. The van der Waals surface area contributed by atoms with Crippen LogP contribution in [0.4, 0.5) is 10.5 Å². The summed E-state index contributed by atoms with van der Waals surface area (Å²) in [6.07, 6.45) is 1.58. The Kier molecular flexibility index (Phi) is 8.96. The monoisotopic (exact) mass is 664 g/mol. The number of amides is 3. The van der Waals surface area contributed by atoms with Gasteiger partial charge in [-0.3, -0.25) is 19.3 Å². The number of benzene rings is 3. The van der Waals surface area contributed by atoms with Crippen LogP contribution in [-0.4, -0.2) is 35.6 Å². The first-order valence-corrected chi connectivity index (χ1v) is 13.6. The van der Waals surface area contributed by atoms with Crippen molar-refractivity contribution in [2.24, 2.45) is 0 Å². The topological polar surface area (TPSA) is 84.9 Å². The van der Waals surface area contributed by atoms with E-state index in [0.717, 1.165) is 26.7 Å². The number of anilines is 1. The van der Waals surface area contributed by atoms with Crippen molar-refractivity contribution in [1.82, 2.24) is 4.90 Å². The summed E-state index contributed by atoms with van der Waals surface area (Å²) < 4.78 is 13.1. The molecule has 0 unspecified atom stereocenters. The van der Waals surface area contributed by atoms with E-state index in [0.29, 0.717) is 38.9 Å². The molecule has 1 fully saturated rings. The number of imide groups is 1. The highest BCUT2D eigenvalue weighted by Gasteiger charge is 2.36. The molecule has 3 aromatic carbocycles. The fourth-order valence-electron chi connectivity index (χ4n) is 3.36. The fourth-order valence-corrected chi connectivity index (χ4v) is 5.17. The number of methoxy groups -OCH3 is 1. The van der Waals surface area contributed by atoms with E-state index in [9.17, 15) is 14.4 Å². The highest BCUT2D eigenvalue weighted by molar-refractivity contribution is 9.10. The molecule has 1 saturated heterocycles. The van der Waals surface area contributed by atoms with Crippen LogP contribution < -0.4 is 14.8 Å². The van der Waals surface area contributed by atoms with Crippen LogP contribution in [0.5, 0.6) is 11.5 Å². The minimum Gasteiger partial charge on any atom is -0.493 e. The first-order valence-electron chi connectivity index (χ1n) is 10.8. The Hall–Kier alpha value is -2.79. The number of carbonyl (C=O) groups excluding carboxylic acids is 3. The van der Waals surface area contributed by atoms with Crippen molar-refractivity contribution < 1.29 is 23.9 Å². The molecule has 1 heterocycles. The van der Waals surface area contributed by atoms with Gasteiger partial charge in [-0.15, -0.1) is 0 Å². The Morgan fingerprint density at radius 1 is 1.08 bits per heavy atom. The molecule has 1 aliphatic heterocycles. The Labute approximate surface area is 239 Å². The number of rotatable bonds is 8. The lowest BCUT2D eigenvalue weighted by atomic mass is 10.1. The van der Waals surface area contributed by atoms with Gasteiger partial charge in [0.15, 0.2) is 11.5 Å². The number of carbonyl (C=O) groups is 3. The van der Waals surface area contributed by atoms with E-state index in [4.69, 9.17) is 21.1 Å². The zero-order valence-corrected chi connectivity index (χ0v) is 24.0. The third kappa shape index (κ3) is 6.95. The second-order valence-corrected chi connectivity index (χ2v) is 11.0. The number of hydrogen-bond acceptors (Lipinski definition) is 6. The number of nitrogens with one attached hydrogen (secondary N) is 1. The quantitative estimate of drug-likeness (QED) is 0.258. The lowest BCUT2D eigenvalue weighted by molar-refractivity contribution is -0.127. The second kappa shape index (κ2) is 12.2. The van der Waals surface area contributed by atoms with Gasteiger partial charge in [0.25, 0.3) is 11.1 Å². The van der Waals surface area contributed by atoms with Crippen LogP contribution in [0.3, 0.4) is 0 Å². The van der Waals surface area contributed by atoms with Gasteiger partial charge in [0.05, 0.1) is 16.5 Å². The number of nitrogens with zero attached hydrogens (tertiary/aromatic N) is 1. The van der Waals surface area contributed by atoms with Crippen LogP contribution in [0, 0.1) is 0 Å². The van der Waals surface area contributed by atoms with Crippen molar-refractivity contribution in [2.45, 2.75) is 6.61 Å². The van der Waals surface area contributed by atoms with Crippen molar-refractivity contribution in [3.63, 3.8) is 0 Å². The maximum absolute atomic E-state index is 12.9. The minimum absolute atomic E-state index is 0.196. The van der Waals surface area contributed by atoms with Crippen LogP contribution >= 0.6 is 55.2 Å². The molecule has 1 N–H and O–H groups in total. The van der Waals surface area contributed by atoms with Gasteiger partial charge in [0.2, 0.25) is 5.91 Å². The molecule has 0 aliphatic carbocycles. The molecule has 3 amide bonds. The zero-order chi connectivity index (χ0) is 26.5. The Balaban J connectivity index is 1.46. The Morgan fingerprint density at radius 3 is 2.46 bits per heavy atom. The molecule has 0 saturated carbocycles. The predicted octanol–water partition coefficient (Wildman–Crippen LogP) is 7.13. The van der Waals surface area contributed by atoms with Gasteiger partial charge in [-0.25, -0.2) is 0 Å². The van der Waals surface area contributed by atoms with Gasteiger partial charge in [-0.05, 0) is 93.4 Å². The van der Waals surface area contributed by atoms with E-state index in [2.05, 4.69) is 37.2 Å². The summed E-state index contributed by atoms with van der Waals surface area (Å²) in [5, 5.41) is 2.65. The third-order valence-corrected chi connectivity index (χ3v) is 7.43. The number of halogens is 3. The second-order valence-electron chi connectivity index (χ2n) is 7.77. The van der Waals surface area contributed by atoms with E-state index >= 15 is 0 Å². The molecule has 0 spiro atoms. The van der Waals surface area contributed by atoms with Gasteiger partial charge in [0.1, 0.15) is 13.2 Å². The van der Waals surface area contributed by atoms with Gasteiger partial charge < -0.3 is 14.8 Å². The summed E-state index contributed by atoms with van der Waals surface area (Å²) in [5.74, 6) is -0.0803. The third-order valence-electron chi connectivity index (χ3n) is 5.15. The summed E-state index contributed by atoms with van der Waals surface area (Å²) in [5.41, 5.74) is 2.11. The maximum atomic E-state index is 12.9. The van der Waals surface area contributed by atoms with Crippen LogP contribution in [0.2, 0.25) is 5.02 Å². The molecule has 0 radical (unpaired) electrons. The van der Waals surface area contributed by atoms with Crippen molar-refractivity contribution in [3.8, 4) is 11.5 Å². The summed E-state index contributed by atoms with van der Waals surface area (Å²) in [6.45, 7) is -0.0704. The molecule has 0 aromatic heterocycles. The fraction of sp³-hybridized carbons (Fsp3) is 0.115. The lowest BCUT2D eigenvalue weighted by Crippen LogP contribution is -2.36. The first-order chi connectivity index (χ1) is 17.7. The SMILES string of the molecule is COc1cc(/C=C2/SC(=O)N(CC(=O)Nc3ccc(Cl)cc3)C2=O)cc(Br)c1OCc1ccc(Br)cc1. The number of thioether (sulfide) groups is 1. The Bertz CT molecular complexity index is 1380. The minimum atomic E-state index is -0.549. The Morgan fingerprint density at radius 2 is 1.78 bits per heavy atom. The maximum Gasteiger partial charge on any atom is 0.294 e. The summed E-state index contributed by atoms with van der Waals surface area (Å²) in [7, 11) is 1.52. The predicted molar refractivity (Wildman–Crippen MR) is 152 cm³/mol. The molecule has 7 nitrogen and oxygen atoms in total. The molecule has 1 aliphatic rings. The average molecular weight is 667 g/mol. The normalized spacial score (nSPS) is 14.3. The van der Waals surface area contributed by atoms with Crippen LogP contribution in [0.1, 0.15) is 11.1 Å². The number of hydrogen-bond donors (Lipinski definition) is 1. The molecule has 37 heavy (non-hydrogen) atoms. The largest absolute Gasteiger partial charge is 0.493 e. The van der Waals surface area contributed by atoms with Gasteiger partial charge in [0, 0.05) is 15.2 Å². The van der Waals surface area contributed by atoms with Gasteiger partial charge >= 0.3 is 0 Å². The lowest BCUT2D eigenvalue weighted by Gasteiger charge is -2.14. The van der Waals surface area contributed by atoms with E-state index in [-0.39, 0.29) is 4.91 Å². The highest BCUT2D eigenvalue weighted by Crippen LogP contribution is 2.39. The number of ether oxygens (including phenoxy) is 2. The molecule has 0 bridgehead atoms. The van der Waals surface area contributed by atoms with E-state index < -0.39 is 23.6 Å². The summed E-state index contributed by atoms with van der Waals surface area (Å²) in [4.78, 5) is 38.9. The van der Waals surface area contributed by atoms with Gasteiger partial charge in [-0.2, -0.15) is 0 Å². The van der Waals surface area contributed by atoms with E-state index in [1.165, 1.54) is 7.11 Å². The molecule has 11 heteroatoms.